The van der Waals surface area contributed by atoms with Crippen molar-refractivity contribution in [2.45, 2.75) is 13.0 Å². The third-order valence-corrected chi connectivity index (χ3v) is 5.69. The van der Waals surface area contributed by atoms with E-state index in [0.29, 0.717) is 0 Å². The highest BCUT2D eigenvalue weighted by Crippen LogP contribution is 2.32. The highest BCUT2D eigenvalue weighted by atomic mass is 32.1. The van der Waals surface area contributed by atoms with Crippen molar-refractivity contribution in [1.29, 1.82) is 0 Å². The molecule has 1 aliphatic heterocycles. The predicted octanol–water partition coefficient (Wildman–Crippen LogP) is 4.23. The van der Waals surface area contributed by atoms with Crippen LogP contribution in [0.25, 0.3) is 10.8 Å². The van der Waals surface area contributed by atoms with E-state index in [9.17, 15) is 0 Å². The highest BCUT2D eigenvalue weighted by molar-refractivity contribution is 7.16. The fraction of sp³-hybridized carbons (Fsp3) is 0.235. The van der Waals surface area contributed by atoms with Crippen molar-refractivity contribution in [3.8, 4) is 0 Å². The Morgan fingerprint density at radius 1 is 1.18 bits per heavy atom. The third kappa shape index (κ3) is 2.63. The van der Waals surface area contributed by atoms with E-state index in [-0.39, 0.29) is 0 Å². The average molecular weight is 327 g/mol. The summed E-state index contributed by atoms with van der Waals surface area (Å²) < 4.78 is 0. The first-order chi connectivity index (χ1) is 10.8. The lowest BCUT2D eigenvalue weighted by molar-refractivity contribution is 0.297. The molecule has 2 aromatic carbocycles. The van der Waals surface area contributed by atoms with E-state index >= 15 is 0 Å². The van der Waals surface area contributed by atoms with Gasteiger partial charge in [0, 0.05) is 35.3 Å². The molecule has 0 fully saturated rings. The molecule has 0 aliphatic carbocycles. The van der Waals surface area contributed by atoms with Gasteiger partial charge in [-0.25, -0.2) is 4.98 Å². The van der Waals surface area contributed by atoms with Gasteiger partial charge >= 0.3 is 0 Å². The monoisotopic (exact) mass is 327 g/mol. The smallest absolute Gasteiger partial charge is 0.187 e. The number of fused-ring (bicyclic) bond motifs is 2. The van der Waals surface area contributed by atoms with Crippen molar-refractivity contribution in [1.82, 2.24) is 9.88 Å². The molecule has 0 spiro atoms. The standard InChI is InChI=1S/C17H18N3PS/c21-11-20-9-8-16-15(10-20)19-17(22-16)18-14-7-3-5-12-4-1-2-6-13(12)14/h1-7H,8-11,21H2,(H,18,19). The first-order valence-corrected chi connectivity index (χ1v) is 9.12. The minimum absolute atomic E-state index is 0.965. The zero-order valence-corrected chi connectivity index (χ0v) is 14.2. The number of hydrogen-bond acceptors (Lipinski definition) is 4. The summed E-state index contributed by atoms with van der Waals surface area (Å²) in [4.78, 5) is 8.65. The van der Waals surface area contributed by atoms with Crippen molar-refractivity contribution >= 4 is 42.2 Å². The maximum Gasteiger partial charge on any atom is 0.187 e. The zero-order chi connectivity index (χ0) is 14.9. The Morgan fingerprint density at radius 3 is 2.95 bits per heavy atom. The van der Waals surface area contributed by atoms with E-state index in [0.717, 1.165) is 36.6 Å². The average Bonchev–Trinajstić information content (AvgIpc) is 2.96. The number of benzene rings is 2. The van der Waals surface area contributed by atoms with Crippen LogP contribution >= 0.6 is 20.6 Å². The molecule has 1 aromatic heterocycles. The molecule has 22 heavy (non-hydrogen) atoms. The molecule has 0 saturated heterocycles. The first-order valence-electron chi connectivity index (χ1n) is 7.49. The Morgan fingerprint density at radius 2 is 2.05 bits per heavy atom. The molecule has 1 unspecified atom stereocenters. The number of hydrogen-bond donors (Lipinski definition) is 1. The Balaban J connectivity index is 1.65. The van der Waals surface area contributed by atoms with Gasteiger partial charge in [-0.05, 0) is 17.9 Å². The lowest BCUT2D eigenvalue weighted by Crippen LogP contribution is -2.28. The summed E-state index contributed by atoms with van der Waals surface area (Å²) in [6.07, 6.45) is 2.13. The van der Waals surface area contributed by atoms with Gasteiger partial charge < -0.3 is 5.32 Å². The van der Waals surface area contributed by atoms with Gasteiger partial charge in [0.15, 0.2) is 5.13 Å². The van der Waals surface area contributed by atoms with Gasteiger partial charge in [0.25, 0.3) is 0 Å². The Labute approximate surface area is 136 Å². The highest BCUT2D eigenvalue weighted by Gasteiger charge is 2.19. The predicted molar refractivity (Wildman–Crippen MR) is 98.0 cm³/mol. The lowest BCUT2D eigenvalue weighted by Gasteiger charge is -2.23. The van der Waals surface area contributed by atoms with E-state index in [1.165, 1.54) is 21.3 Å². The number of nitrogens with zero attached hydrogens (tertiary/aromatic N) is 2. The molecular formula is C17H18N3PS. The van der Waals surface area contributed by atoms with Crippen LogP contribution < -0.4 is 5.32 Å². The summed E-state index contributed by atoms with van der Waals surface area (Å²) in [6, 6.07) is 14.8. The molecule has 3 aromatic rings. The van der Waals surface area contributed by atoms with Crippen LogP contribution in [0.1, 0.15) is 10.6 Å². The van der Waals surface area contributed by atoms with Gasteiger partial charge in [0.2, 0.25) is 0 Å². The quantitative estimate of drug-likeness (QED) is 0.730. The summed E-state index contributed by atoms with van der Waals surface area (Å²) in [6.45, 7) is 2.10. The molecule has 0 amide bonds. The SMILES string of the molecule is PCN1CCc2sc(Nc3cccc4ccccc34)nc2C1. The van der Waals surface area contributed by atoms with Crippen molar-refractivity contribution in [3.63, 3.8) is 0 Å². The summed E-state index contributed by atoms with van der Waals surface area (Å²) >= 11 is 1.80. The summed E-state index contributed by atoms with van der Waals surface area (Å²) in [5.41, 5.74) is 2.37. The Hall–Kier alpha value is -1.48. The molecular weight excluding hydrogens is 309 g/mol. The van der Waals surface area contributed by atoms with E-state index in [4.69, 9.17) is 4.98 Å². The second-order valence-electron chi connectivity index (χ2n) is 5.53. The normalized spacial score (nSPS) is 15.0. The van der Waals surface area contributed by atoms with Crippen molar-refractivity contribution in [3.05, 3.63) is 53.0 Å². The zero-order valence-electron chi connectivity index (χ0n) is 12.2. The fourth-order valence-corrected chi connectivity index (χ4v) is 4.19. The number of thiazole rings is 1. The maximum absolute atomic E-state index is 4.81. The molecule has 1 atom stereocenters. The first kappa shape index (κ1) is 14.1. The molecule has 3 nitrogen and oxygen atoms in total. The van der Waals surface area contributed by atoms with Crippen LogP contribution in [0, 0.1) is 0 Å². The molecule has 1 N–H and O–H groups in total. The van der Waals surface area contributed by atoms with E-state index in [2.05, 4.69) is 61.9 Å². The van der Waals surface area contributed by atoms with Crippen molar-refractivity contribution < 1.29 is 0 Å². The molecule has 112 valence electrons. The molecule has 0 bridgehead atoms. The van der Waals surface area contributed by atoms with Gasteiger partial charge in [-0.3, -0.25) is 4.90 Å². The third-order valence-electron chi connectivity index (χ3n) is 4.10. The summed E-state index contributed by atoms with van der Waals surface area (Å²) in [5.74, 6) is 0. The summed E-state index contributed by atoms with van der Waals surface area (Å²) in [5, 5.41) is 7.02. The van der Waals surface area contributed by atoms with Gasteiger partial charge in [0.1, 0.15) is 0 Å². The second-order valence-corrected chi connectivity index (χ2v) is 6.97. The Bertz CT molecular complexity index is 809. The Kier molecular flexibility index (Phi) is 3.83. The minimum atomic E-state index is 0.965. The second kappa shape index (κ2) is 5.96. The van der Waals surface area contributed by atoms with Gasteiger partial charge in [0.05, 0.1) is 5.69 Å². The number of aromatic nitrogens is 1. The fourth-order valence-electron chi connectivity index (χ4n) is 2.91. The minimum Gasteiger partial charge on any atom is -0.331 e. The number of anilines is 2. The molecule has 4 rings (SSSR count). The van der Waals surface area contributed by atoms with Crippen LogP contribution in [0.5, 0.6) is 0 Å². The molecule has 0 radical (unpaired) electrons. The van der Waals surface area contributed by atoms with E-state index < -0.39 is 0 Å². The van der Waals surface area contributed by atoms with Crippen molar-refractivity contribution in [2.75, 3.05) is 18.1 Å². The topological polar surface area (TPSA) is 28.2 Å². The van der Waals surface area contributed by atoms with Crippen LogP contribution in [0.4, 0.5) is 10.8 Å². The molecule has 2 heterocycles. The van der Waals surface area contributed by atoms with Crippen LogP contribution in [0.15, 0.2) is 42.5 Å². The molecule has 0 saturated carbocycles. The largest absolute Gasteiger partial charge is 0.331 e. The van der Waals surface area contributed by atoms with Crippen LogP contribution in [-0.2, 0) is 13.0 Å². The van der Waals surface area contributed by atoms with E-state index in [1.807, 2.05) is 0 Å². The molecule has 1 aliphatic rings. The van der Waals surface area contributed by atoms with Gasteiger partial charge in [-0.15, -0.1) is 20.6 Å². The van der Waals surface area contributed by atoms with Gasteiger partial charge in [-0.2, -0.15) is 0 Å². The van der Waals surface area contributed by atoms with Crippen LogP contribution in [0.2, 0.25) is 0 Å². The van der Waals surface area contributed by atoms with Crippen molar-refractivity contribution in [2.24, 2.45) is 0 Å². The number of rotatable bonds is 3. The van der Waals surface area contributed by atoms with Crippen LogP contribution in [0.3, 0.4) is 0 Å². The van der Waals surface area contributed by atoms with E-state index in [1.54, 1.807) is 11.3 Å². The van der Waals surface area contributed by atoms with Crippen LogP contribution in [-0.4, -0.2) is 22.7 Å². The lowest BCUT2D eigenvalue weighted by atomic mass is 10.1. The maximum atomic E-state index is 4.81. The summed E-state index contributed by atoms with van der Waals surface area (Å²) in [7, 11) is 2.80. The molecule has 5 heteroatoms. The van der Waals surface area contributed by atoms with Gasteiger partial charge in [-0.1, -0.05) is 36.4 Å². The number of nitrogens with one attached hydrogen (secondary N) is 1.